The number of rotatable bonds is 0. The number of hydrogen-bond acceptors (Lipinski definition) is 4. The molecule has 1 atom stereocenters. The van der Waals surface area contributed by atoms with E-state index >= 15 is 0 Å². The normalized spacial score (nSPS) is 18.0. The predicted octanol–water partition coefficient (Wildman–Crippen LogP) is 2.59. The van der Waals surface area contributed by atoms with E-state index in [0.717, 1.165) is 33.4 Å². The number of cyclic esters (lactones) is 1. The van der Waals surface area contributed by atoms with Crippen LogP contribution in [0.5, 0.6) is 0 Å². The van der Waals surface area contributed by atoms with Crippen LogP contribution in [0.25, 0.3) is 22.3 Å². The molecule has 0 saturated heterocycles. The van der Waals surface area contributed by atoms with Crippen molar-refractivity contribution >= 4 is 16.9 Å². The molecule has 0 unspecified atom stereocenters. The highest BCUT2D eigenvalue weighted by Crippen LogP contribution is 2.35. The zero-order valence-electron chi connectivity index (χ0n) is 13.1. The summed E-state index contributed by atoms with van der Waals surface area (Å²) in [4.78, 5) is 29.5. The van der Waals surface area contributed by atoms with Crippen LogP contribution in [0.2, 0.25) is 0 Å². The Kier molecular flexibility index (Phi) is 2.55. The zero-order valence-corrected chi connectivity index (χ0v) is 13.1. The highest BCUT2D eigenvalue weighted by molar-refractivity contribution is 5.85. The molecule has 0 N–H and O–H groups in total. The average molecular weight is 318 g/mol. The second-order valence-electron chi connectivity index (χ2n) is 6.37. The van der Waals surface area contributed by atoms with Gasteiger partial charge in [0.2, 0.25) is 0 Å². The first-order valence-electron chi connectivity index (χ1n) is 7.96. The molecule has 0 spiro atoms. The van der Waals surface area contributed by atoms with Gasteiger partial charge in [-0.3, -0.25) is 9.59 Å². The van der Waals surface area contributed by atoms with Gasteiger partial charge >= 0.3 is 5.97 Å². The van der Waals surface area contributed by atoms with Crippen molar-refractivity contribution < 1.29 is 9.53 Å². The molecule has 24 heavy (non-hydrogen) atoms. The smallest absolute Gasteiger partial charge is 0.313 e. The van der Waals surface area contributed by atoms with Gasteiger partial charge in [0.15, 0.2) is 0 Å². The number of esters is 1. The zero-order chi connectivity index (χ0) is 16.4. The van der Waals surface area contributed by atoms with Crippen molar-refractivity contribution in [2.45, 2.75) is 26.0 Å². The summed E-state index contributed by atoms with van der Waals surface area (Å²) >= 11 is 0. The Morgan fingerprint density at radius 2 is 2.04 bits per heavy atom. The van der Waals surface area contributed by atoms with Crippen molar-refractivity contribution in [2.24, 2.45) is 0 Å². The highest BCUT2D eigenvalue weighted by atomic mass is 16.5. The average Bonchev–Trinajstić information content (AvgIpc) is 2.95. The molecule has 0 amide bonds. The SMILES string of the molecule is C[C@@H]1C(=O)OCc2c1cc1n(c2=O)Cc2cc3ccccc3nc2-1. The van der Waals surface area contributed by atoms with Crippen molar-refractivity contribution in [1.29, 1.82) is 0 Å². The molecule has 4 heterocycles. The first kappa shape index (κ1) is 13.5. The standard InChI is InChI=1S/C19H14N2O3/c1-10-13-7-16-17-12(6-11-4-2-3-5-15(11)20-17)8-21(16)18(22)14(13)9-24-19(10)23/h2-7,10H,8-9H2,1H3/t10-/m0/s1. The third kappa shape index (κ3) is 1.67. The van der Waals surface area contributed by atoms with Gasteiger partial charge in [0.1, 0.15) is 6.61 Å². The van der Waals surface area contributed by atoms with Crippen LogP contribution >= 0.6 is 0 Å². The monoisotopic (exact) mass is 318 g/mol. The van der Waals surface area contributed by atoms with Gasteiger partial charge in [0.25, 0.3) is 5.56 Å². The molecule has 118 valence electrons. The number of benzene rings is 1. The molecular formula is C19H14N2O3. The predicted molar refractivity (Wildman–Crippen MR) is 88.8 cm³/mol. The summed E-state index contributed by atoms with van der Waals surface area (Å²) in [7, 11) is 0. The summed E-state index contributed by atoms with van der Waals surface area (Å²) in [5.41, 5.74) is 4.84. The lowest BCUT2D eigenvalue weighted by Gasteiger charge is -2.22. The number of aromatic nitrogens is 2. The fourth-order valence-corrected chi connectivity index (χ4v) is 3.66. The van der Waals surface area contributed by atoms with Gasteiger partial charge in [-0.15, -0.1) is 0 Å². The van der Waals surface area contributed by atoms with E-state index in [1.54, 1.807) is 11.5 Å². The number of nitrogens with zero attached hydrogens (tertiary/aromatic N) is 2. The quantitative estimate of drug-likeness (QED) is 0.468. The lowest BCUT2D eigenvalue weighted by atomic mass is 9.94. The Hall–Kier alpha value is -2.95. The van der Waals surface area contributed by atoms with Crippen molar-refractivity contribution in [3.63, 3.8) is 0 Å². The van der Waals surface area contributed by atoms with Gasteiger partial charge in [-0.05, 0) is 30.7 Å². The Morgan fingerprint density at radius 3 is 2.92 bits per heavy atom. The molecule has 0 bridgehead atoms. The van der Waals surface area contributed by atoms with E-state index in [1.165, 1.54) is 0 Å². The number of pyridine rings is 2. The lowest BCUT2D eigenvalue weighted by Crippen LogP contribution is -2.31. The minimum Gasteiger partial charge on any atom is -0.460 e. The third-order valence-electron chi connectivity index (χ3n) is 4.99. The van der Waals surface area contributed by atoms with Crippen LogP contribution in [0, 0.1) is 0 Å². The topological polar surface area (TPSA) is 61.2 Å². The molecule has 5 nitrogen and oxygen atoms in total. The molecular weight excluding hydrogens is 304 g/mol. The number of hydrogen-bond donors (Lipinski definition) is 0. The summed E-state index contributed by atoms with van der Waals surface area (Å²) in [6.07, 6.45) is 0. The van der Waals surface area contributed by atoms with Gasteiger partial charge in [-0.1, -0.05) is 18.2 Å². The van der Waals surface area contributed by atoms with Crippen LogP contribution in [-0.4, -0.2) is 15.5 Å². The number of carbonyl (C=O) groups is 1. The molecule has 0 saturated carbocycles. The maximum absolute atomic E-state index is 12.9. The summed E-state index contributed by atoms with van der Waals surface area (Å²) in [5.74, 6) is -0.701. The minimum absolute atomic E-state index is 0.0589. The summed E-state index contributed by atoms with van der Waals surface area (Å²) in [6, 6.07) is 12.0. The Morgan fingerprint density at radius 1 is 1.21 bits per heavy atom. The molecule has 0 aliphatic carbocycles. The molecule has 0 radical (unpaired) electrons. The van der Waals surface area contributed by atoms with E-state index in [1.807, 2.05) is 30.3 Å². The summed E-state index contributed by atoms with van der Waals surface area (Å²) < 4.78 is 6.87. The fraction of sp³-hybridized carbons (Fsp3) is 0.211. The van der Waals surface area contributed by atoms with Crippen molar-refractivity contribution in [3.05, 3.63) is 63.4 Å². The van der Waals surface area contributed by atoms with E-state index < -0.39 is 5.92 Å². The highest BCUT2D eigenvalue weighted by Gasteiger charge is 2.32. The summed E-state index contributed by atoms with van der Waals surface area (Å²) in [6.45, 7) is 2.35. The second kappa shape index (κ2) is 4.54. The van der Waals surface area contributed by atoms with Crippen LogP contribution in [0.3, 0.4) is 0 Å². The number of ether oxygens (including phenoxy) is 1. The Balaban J connectivity index is 1.80. The molecule has 5 heteroatoms. The van der Waals surface area contributed by atoms with Crippen LogP contribution < -0.4 is 5.56 Å². The number of carbonyl (C=O) groups excluding carboxylic acids is 1. The van der Waals surface area contributed by atoms with E-state index in [2.05, 4.69) is 6.07 Å². The second-order valence-corrected chi connectivity index (χ2v) is 6.37. The minimum atomic E-state index is -0.420. The van der Waals surface area contributed by atoms with Crippen molar-refractivity contribution in [1.82, 2.24) is 9.55 Å². The molecule has 2 aromatic heterocycles. The maximum Gasteiger partial charge on any atom is 0.313 e. The van der Waals surface area contributed by atoms with Gasteiger partial charge in [0.05, 0.1) is 34.9 Å². The maximum atomic E-state index is 12.9. The third-order valence-corrected chi connectivity index (χ3v) is 4.99. The van der Waals surface area contributed by atoms with Crippen LogP contribution in [0.15, 0.2) is 41.2 Å². The first-order valence-corrected chi connectivity index (χ1v) is 7.96. The van der Waals surface area contributed by atoms with Crippen LogP contribution in [0.4, 0.5) is 0 Å². The van der Waals surface area contributed by atoms with E-state index in [9.17, 15) is 9.59 Å². The van der Waals surface area contributed by atoms with Gasteiger partial charge in [-0.2, -0.15) is 0 Å². The van der Waals surface area contributed by atoms with Gasteiger partial charge < -0.3 is 9.30 Å². The van der Waals surface area contributed by atoms with Gasteiger partial charge in [-0.25, -0.2) is 4.98 Å². The molecule has 3 aromatic rings. The molecule has 1 aromatic carbocycles. The van der Waals surface area contributed by atoms with Gasteiger partial charge in [0, 0.05) is 10.9 Å². The molecule has 2 aliphatic heterocycles. The van der Waals surface area contributed by atoms with Crippen LogP contribution in [-0.2, 0) is 22.7 Å². The number of fused-ring (bicyclic) bond motifs is 5. The first-order chi connectivity index (χ1) is 11.6. The largest absolute Gasteiger partial charge is 0.460 e. The summed E-state index contributed by atoms with van der Waals surface area (Å²) in [5, 5.41) is 1.06. The lowest BCUT2D eigenvalue weighted by molar-refractivity contribution is -0.147. The van der Waals surface area contributed by atoms with Crippen molar-refractivity contribution in [3.8, 4) is 11.4 Å². The van der Waals surface area contributed by atoms with Crippen LogP contribution in [0.1, 0.15) is 29.5 Å². The van der Waals surface area contributed by atoms with Crippen molar-refractivity contribution in [2.75, 3.05) is 0 Å². The Labute approximate surface area is 137 Å². The van der Waals surface area contributed by atoms with E-state index in [0.29, 0.717) is 12.1 Å². The van der Waals surface area contributed by atoms with E-state index in [4.69, 9.17) is 9.72 Å². The molecule has 2 aliphatic rings. The molecule has 0 fully saturated rings. The number of para-hydroxylation sites is 1. The van der Waals surface area contributed by atoms with E-state index in [-0.39, 0.29) is 18.1 Å². The molecule has 5 rings (SSSR count). The fourth-order valence-electron chi connectivity index (χ4n) is 3.66. The Bertz CT molecular complexity index is 1100.